The zero-order chi connectivity index (χ0) is 12.7. The minimum absolute atomic E-state index is 0.281. The largest absolute Gasteiger partial charge is 0.340 e. The van der Waals surface area contributed by atoms with E-state index in [1.165, 1.54) is 6.20 Å². The van der Waals surface area contributed by atoms with E-state index in [1.807, 2.05) is 19.9 Å². The molecule has 0 spiro atoms. The predicted molar refractivity (Wildman–Crippen MR) is 62.1 cm³/mol. The third kappa shape index (κ3) is 3.86. The van der Waals surface area contributed by atoms with Gasteiger partial charge in [0.25, 0.3) is 0 Å². The van der Waals surface area contributed by atoms with Crippen molar-refractivity contribution in [2.75, 3.05) is 0 Å². The summed E-state index contributed by atoms with van der Waals surface area (Å²) in [5, 5.41) is 0. The molecular weight excluding hydrogens is 220 g/mol. The van der Waals surface area contributed by atoms with Crippen LogP contribution in [0.4, 0.5) is 0 Å². The number of nitrogens with one attached hydrogen (secondary N) is 1. The van der Waals surface area contributed by atoms with E-state index in [9.17, 15) is 9.59 Å². The summed E-state index contributed by atoms with van der Waals surface area (Å²) in [6, 6.07) is 3.58. The third-order valence-corrected chi connectivity index (χ3v) is 2.20. The van der Waals surface area contributed by atoms with E-state index in [4.69, 9.17) is 0 Å². The number of aromatic nitrogens is 1. The first-order valence-corrected chi connectivity index (χ1v) is 5.62. The fourth-order valence-electron chi connectivity index (χ4n) is 1.34. The Morgan fingerprint density at radius 2 is 2.18 bits per heavy atom. The third-order valence-electron chi connectivity index (χ3n) is 2.20. The van der Waals surface area contributed by atoms with Gasteiger partial charge in [-0.2, -0.15) is 5.48 Å². The summed E-state index contributed by atoms with van der Waals surface area (Å²) >= 11 is 0. The van der Waals surface area contributed by atoms with E-state index in [-0.39, 0.29) is 6.42 Å². The Balaban J connectivity index is 2.61. The second kappa shape index (κ2) is 6.62. The van der Waals surface area contributed by atoms with Crippen LogP contribution in [-0.4, -0.2) is 16.9 Å². The molecule has 0 aromatic carbocycles. The maximum Gasteiger partial charge on any atom is 0.332 e. The van der Waals surface area contributed by atoms with Crippen LogP contribution in [0.15, 0.2) is 18.3 Å². The molecule has 0 unspecified atom stereocenters. The average molecular weight is 236 g/mol. The number of carbonyl (C=O) groups excluding carboxylic acids is 2. The van der Waals surface area contributed by atoms with Crippen molar-refractivity contribution in [2.45, 2.75) is 33.1 Å². The molecule has 5 heteroatoms. The van der Waals surface area contributed by atoms with E-state index in [0.29, 0.717) is 18.5 Å². The number of hydrogen-bond donors (Lipinski definition) is 1. The highest BCUT2D eigenvalue weighted by molar-refractivity contribution is 5.93. The van der Waals surface area contributed by atoms with Gasteiger partial charge in [-0.25, -0.2) is 4.79 Å². The number of hydroxylamine groups is 1. The summed E-state index contributed by atoms with van der Waals surface area (Å²) < 4.78 is 0. The zero-order valence-corrected chi connectivity index (χ0v) is 10.0. The van der Waals surface area contributed by atoms with Crippen molar-refractivity contribution < 1.29 is 14.4 Å². The summed E-state index contributed by atoms with van der Waals surface area (Å²) in [7, 11) is 0. The molecular formula is C12H16N2O3. The van der Waals surface area contributed by atoms with Gasteiger partial charge < -0.3 is 4.84 Å². The molecule has 0 aliphatic heterocycles. The molecule has 0 fully saturated rings. The molecule has 17 heavy (non-hydrogen) atoms. The zero-order valence-electron chi connectivity index (χ0n) is 10.0. The topological polar surface area (TPSA) is 68.3 Å². The number of hydrogen-bond acceptors (Lipinski definition) is 4. The molecule has 92 valence electrons. The van der Waals surface area contributed by atoms with Crippen LogP contribution in [0.25, 0.3) is 0 Å². The van der Waals surface area contributed by atoms with E-state index >= 15 is 0 Å². The molecule has 1 aromatic rings. The predicted octanol–water partition coefficient (Wildman–Crippen LogP) is 1.63. The molecule has 0 saturated carbocycles. The summed E-state index contributed by atoms with van der Waals surface area (Å²) in [5.41, 5.74) is 3.21. The molecule has 0 aliphatic rings. The SMILES string of the molecule is CCCC(=O)ONC(=O)c1ncccc1CC. The van der Waals surface area contributed by atoms with Crippen molar-refractivity contribution in [2.24, 2.45) is 0 Å². The summed E-state index contributed by atoms with van der Waals surface area (Å²) in [5.74, 6) is -0.943. The van der Waals surface area contributed by atoms with Gasteiger partial charge in [0.15, 0.2) is 0 Å². The Bertz CT molecular complexity index is 404. The Kier molecular flexibility index (Phi) is 5.13. The number of amides is 1. The minimum Gasteiger partial charge on any atom is -0.340 e. The van der Waals surface area contributed by atoms with Crippen molar-refractivity contribution in [1.82, 2.24) is 10.5 Å². The van der Waals surface area contributed by atoms with E-state index in [2.05, 4.69) is 15.3 Å². The van der Waals surface area contributed by atoms with Gasteiger partial charge in [-0.1, -0.05) is 19.9 Å². The van der Waals surface area contributed by atoms with Gasteiger partial charge in [-0.05, 0) is 24.5 Å². The van der Waals surface area contributed by atoms with Gasteiger partial charge in [0, 0.05) is 12.6 Å². The van der Waals surface area contributed by atoms with Gasteiger partial charge in [0.1, 0.15) is 5.69 Å². The minimum atomic E-state index is -0.494. The number of aryl methyl sites for hydroxylation is 1. The molecule has 1 N–H and O–H groups in total. The maximum absolute atomic E-state index is 11.7. The van der Waals surface area contributed by atoms with Gasteiger partial charge in [-0.15, -0.1) is 0 Å². The van der Waals surface area contributed by atoms with Crippen LogP contribution in [0.2, 0.25) is 0 Å². The molecule has 0 saturated heterocycles. The molecule has 0 bridgehead atoms. The highest BCUT2D eigenvalue weighted by Crippen LogP contribution is 2.05. The van der Waals surface area contributed by atoms with Crippen LogP contribution in [0.3, 0.4) is 0 Å². The monoisotopic (exact) mass is 236 g/mol. The maximum atomic E-state index is 11.7. The molecule has 0 aliphatic carbocycles. The Morgan fingerprint density at radius 1 is 1.41 bits per heavy atom. The van der Waals surface area contributed by atoms with Crippen LogP contribution < -0.4 is 5.48 Å². The Labute approximate surface area is 100 Å². The van der Waals surface area contributed by atoms with Gasteiger partial charge in [-0.3, -0.25) is 9.78 Å². The lowest BCUT2D eigenvalue weighted by Crippen LogP contribution is -2.28. The second-order valence-corrected chi connectivity index (χ2v) is 3.52. The number of pyridine rings is 1. The summed E-state index contributed by atoms with van der Waals surface area (Å²) in [6.07, 6.45) is 3.18. The molecule has 1 amide bonds. The Hall–Kier alpha value is -1.91. The molecule has 1 aromatic heterocycles. The van der Waals surface area contributed by atoms with Gasteiger partial charge in [0.05, 0.1) is 0 Å². The van der Waals surface area contributed by atoms with E-state index in [0.717, 1.165) is 5.56 Å². The second-order valence-electron chi connectivity index (χ2n) is 3.52. The van der Waals surface area contributed by atoms with E-state index < -0.39 is 11.9 Å². The number of rotatable bonds is 4. The highest BCUT2D eigenvalue weighted by Gasteiger charge is 2.13. The number of carbonyl (C=O) groups is 2. The van der Waals surface area contributed by atoms with Gasteiger partial charge in [0.2, 0.25) is 0 Å². The Morgan fingerprint density at radius 3 is 2.82 bits per heavy atom. The fourth-order valence-corrected chi connectivity index (χ4v) is 1.34. The lowest BCUT2D eigenvalue weighted by Gasteiger charge is -2.07. The van der Waals surface area contributed by atoms with Crippen LogP contribution in [0, 0.1) is 0 Å². The first-order chi connectivity index (χ1) is 8.19. The first kappa shape index (κ1) is 13.2. The van der Waals surface area contributed by atoms with Crippen LogP contribution in [-0.2, 0) is 16.1 Å². The van der Waals surface area contributed by atoms with Crippen molar-refractivity contribution in [1.29, 1.82) is 0 Å². The lowest BCUT2D eigenvalue weighted by molar-refractivity contribution is -0.149. The quantitative estimate of drug-likeness (QED) is 0.807. The highest BCUT2D eigenvalue weighted by atomic mass is 16.7. The van der Waals surface area contributed by atoms with Crippen molar-refractivity contribution >= 4 is 11.9 Å². The van der Waals surface area contributed by atoms with Crippen molar-refractivity contribution in [3.63, 3.8) is 0 Å². The lowest BCUT2D eigenvalue weighted by atomic mass is 10.1. The van der Waals surface area contributed by atoms with Crippen molar-refractivity contribution in [3.05, 3.63) is 29.6 Å². The summed E-state index contributed by atoms with van der Waals surface area (Å²) in [4.78, 5) is 31.3. The molecule has 1 rings (SSSR count). The standard InChI is InChI=1S/C12H16N2O3/c1-3-6-10(15)17-14-12(16)11-9(4-2)7-5-8-13-11/h5,7-8H,3-4,6H2,1-2H3,(H,14,16). The molecule has 0 atom stereocenters. The van der Waals surface area contributed by atoms with Crippen molar-refractivity contribution in [3.8, 4) is 0 Å². The molecule has 0 radical (unpaired) electrons. The fraction of sp³-hybridized carbons (Fsp3) is 0.417. The van der Waals surface area contributed by atoms with Crippen LogP contribution in [0.1, 0.15) is 42.7 Å². The smallest absolute Gasteiger partial charge is 0.332 e. The normalized spacial score (nSPS) is 9.76. The average Bonchev–Trinajstić information content (AvgIpc) is 2.36. The van der Waals surface area contributed by atoms with Gasteiger partial charge >= 0.3 is 11.9 Å². The summed E-state index contributed by atoms with van der Waals surface area (Å²) in [6.45, 7) is 3.79. The first-order valence-electron chi connectivity index (χ1n) is 5.62. The molecule has 5 nitrogen and oxygen atoms in total. The molecule has 1 heterocycles. The number of nitrogens with zero attached hydrogens (tertiary/aromatic N) is 1. The van der Waals surface area contributed by atoms with Crippen LogP contribution in [0.5, 0.6) is 0 Å². The van der Waals surface area contributed by atoms with E-state index in [1.54, 1.807) is 6.07 Å². The van der Waals surface area contributed by atoms with Crippen LogP contribution >= 0.6 is 0 Å².